The average molecular weight is 372 g/mol. The molecule has 0 aliphatic rings. The van der Waals surface area contributed by atoms with E-state index >= 15 is 0 Å². The van der Waals surface area contributed by atoms with E-state index in [2.05, 4.69) is 23.1 Å². The van der Waals surface area contributed by atoms with Gasteiger partial charge in [0.05, 0.1) is 0 Å². The third kappa shape index (κ3) is 5.46. The van der Waals surface area contributed by atoms with Crippen molar-refractivity contribution in [2.45, 2.75) is 40.2 Å². The molecule has 138 valence electrons. The van der Waals surface area contributed by atoms with Crippen molar-refractivity contribution < 1.29 is 9.53 Å². The number of thiocarbonyl (C=S) groups is 1. The van der Waals surface area contributed by atoms with Crippen molar-refractivity contribution in [3.63, 3.8) is 0 Å². The zero-order valence-corrected chi connectivity index (χ0v) is 16.4. The zero-order chi connectivity index (χ0) is 19.1. The van der Waals surface area contributed by atoms with Crippen LogP contribution in [0, 0.1) is 13.8 Å². The summed E-state index contributed by atoms with van der Waals surface area (Å²) in [7, 11) is 0. The van der Waals surface area contributed by atoms with E-state index in [4.69, 9.17) is 17.0 Å². The molecule has 0 aromatic heterocycles. The van der Waals surface area contributed by atoms with Crippen LogP contribution in [-0.4, -0.2) is 17.1 Å². The van der Waals surface area contributed by atoms with Gasteiger partial charge >= 0.3 is 0 Å². The number of anilines is 1. The number of hydrazine groups is 1. The predicted molar refractivity (Wildman–Crippen MR) is 109 cm³/mol. The SMILES string of the molecule is CCc1ccc(NC(=S)NNC(=O)[C@H](C)Oc2cccc(C)c2C)cc1. The number of hydrogen-bond donors (Lipinski definition) is 3. The number of aryl methyl sites for hydroxylation is 2. The number of ether oxygens (including phenoxy) is 1. The highest BCUT2D eigenvalue weighted by molar-refractivity contribution is 7.80. The van der Waals surface area contributed by atoms with Crippen molar-refractivity contribution in [2.75, 3.05) is 5.32 Å². The molecule has 26 heavy (non-hydrogen) atoms. The molecule has 0 spiro atoms. The molecule has 0 radical (unpaired) electrons. The molecular formula is C20H25N3O2S. The maximum atomic E-state index is 12.2. The Kier molecular flexibility index (Phi) is 6.97. The van der Waals surface area contributed by atoms with Gasteiger partial charge in [0.1, 0.15) is 5.75 Å². The minimum Gasteiger partial charge on any atom is -0.481 e. The molecule has 6 heteroatoms. The smallest absolute Gasteiger partial charge is 0.279 e. The molecule has 0 bridgehead atoms. The Hall–Kier alpha value is -2.60. The summed E-state index contributed by atoms with van der Waals surface area (Å²) >= 11 is 5.19. The first kappa shape index (κ1) is 19.7. The molecule has 0 unspecified atom stereocenters. The van der Waals surface area contributed by atoms with Gasteiger partial charge in [-0.15, -0.1) is 0 Å². The molecule has 0 aliphatic carbocycles. The van der Waals surface area contributed by atoms with Crippen LogP contribution in [0.25, 0.3) is 0 Å². The molecule has 2 rings (SSSR count). The highest BCUT2D eigenvalue weighted by Crippen LogP contribution is 2.21. The molecule has 0 saturated carbocycles. The lowest BCUT2D eigenvalue weighted by Gasteiger charge is -2.18. The first-order valence-electron chi connectivity index (χ1n) is 8.59. The topological polar surface area (TPSA) is 62.4 Å². The van der Waals surface area contributed by atoms with Crippen molar-refractivity contribution in [1.29, 1.82) is 0 Å². The number of nitrogens with one attached hydrogen (secondary N) is 3. The summed E-state index contributed by atoms with van der Waals surface area (Å²) in [5.74, 6) is 0.390. The quantitative estimate of drug-likeness (QED) is 0.553. The van der Waals surface area contributed by atoms with Crippen molar-refractivity contribution in [3.8, 4) is 5.75 Å². The summed E-state index contributed by atoms with van der Waals surface area (Å²) in [6.07, 6.45) is 0.326. The highest BCUT2D eigenvalue weighted by atomic mass is 32.1. The van der Waals surface area contributed by atoms with Crippen LogP contribution in [0.5, 0.6) is 5.75 Å². The standard InChI is InChI=1S/C20H25N3O2S/c1-5-16-9-11-17(12-10-16)21-20(26)23-22-19(24)15(4)25-18-8-6-7-13(2)14(18)3/h6-12,15H,5H2,1-4H3,(H,22,24)(H2,21,23,26)/t15-/m0/s1. The van der Waals surface area contributed by atoms with E-state index in [1.54, 1.807) is 6.92 Å². The van der Waals surface area contributed by atoms with Gasteiger partial charge in [0, 0.05) is 5.69 Å². The fraction of sp³-hybridized carbons (Fsp3) is 0.300. The molecule has 1 atom stereocenters. The maximum Gasteiger partial charge on any atom is 0.279 e. The van der Waals surface area contributed by atoms with Crippen LogP contribution in [0.2, 0.25) is 0 Å². The van der Waals surface area contributed by atoms with Crippen LogP contribution in [0.1, 0.15) is 30.5 Å². The Balaban J connectivity index is 1.82. The third-order valence-corrected chi connectivity index (χ3v) is 4.35. The second-order valence-electron chi connectivity index (χ2n) is 6.08. The van der Waals surface area contributed by atoms with Gasteiger partial charge in [-0.25, -0.2) is 0 Å². The fourth-order valence-corrected chi connectivity index (χ4v) is 2.47. The van der Waals surface area contributed by atoms with Gasteiger partial charge in [-0.1, -0.05) is 31.2 Å². The van der Waals surface area contributed by atoms with Crippen LogP contribution in [-0.2, 0) is 11.2 Å². The van der Waals surface area contributed by atoms with E-state index < -0.39 is 6.10 Å². The van der Waals surface area contributed by atoms with Gasteiger partial charge in [0.25, 0.3) is 5.91 Å². The summed E-state index contributed by atoms with van der Waals surface area (Å²) in [5.41, 5.74) is 9.50. The Morgan fingerprint density at radius 1 is 1.12 bits per heavy atom. The van der Waals surface area contributed by atoms with Crippen molar-refractivity contribution in [2.24, 2.45) is 0 Å². The molecular weight excluding hydrogens is 346 g/mol. The average Bonchev–Trinajstić information content (AvgIpc) is 2.64. The predicted octanol–water partition coefficient (Wildman–Crippen LogP) is 3.65. The number of carbonyl (C=O) groups is 1. The molecule has 5 nitrogen and oxygen atoms in total. The van der Waals surface area contributed by atoms with Crippen LogP contribution in [0.15, 0.2) is 42.5 Å². The Bertz CT molecular complexity index is 775. The van der Waals surface area contributed by atoms with E-state index in [9.17, 15) is 4.79 Å². The summed E-state index contributed by atoms with van der Waals surface area (Å²) < 4.78 is 5.75. The van der Waals surface area contributed by atoms with Crippen molar-refractivity contribution >= 4 is 28.9 Å². The van der Waals surface area contributed by atoms with Crippen molar-refractivity contribution in [1.82, 2.24) is 10.9 Å². The normalized spacial score (nSPS) is 11.4. The van der Waals surface area contributed by atoms with Crippen molar-refractivity contribution in [3.05, 3.63) is 59.2 Å². The Morgan fingerprint density at radius 3 is 2.46 bits per heavy atom. The molecule has 0 saturated heterocycles. The largest absolute Gasteiger partial charge is 0.481 e. The van der Waals surface area contributed by atoms with Crippen LogP contribution in [0.4, 0.5) is 5.69 Å². The lowest BCUT2D eigenvalue weighted by molar-refractivity contribution is -0.127. The molecule has 1 amide bonds. The second kappa shape index (κ2) is 9.20. The molecule has 0 fully saturated rings. The van der Waals surface area contributed by atoms with Crippen LogP contribution in [0.3, 0.4) is 0 Å². The lowest BCUT2D eigenvalue weighted by Crippen LogP contribution is -2.48. The third-order valence-electron chi connectivity index (χ3n) is 4.15. The number of rotatable bonds is 5. The molecule has 0 aliphatic heterocycles. The number of amides is 1. The maximum absolute atomic E-state index is 12.2. The van der Waals surface area contributed by atoms with Gasteiger partial charge in [-0.2, -0.15) is 0 Å². The summed E-state index contributed by atoms with van der Waals surface area (Å²) in [4.78, 5) is 12.2. The van der Waals surface area contributed by atoms with Crippen LogP contribution >= 0.6 is 12.2 Å². The van der Waals surface area contributed by atoms with E-state index in [0.29, 0.717) is 10.9 Å². The first-order valence-corrected chi connectivity index (χ1v) is 9.00. The van der Waals surface area contributed by atoms with Gasteiger partial charge in [0.15, 0.2) is 11.2 Å². The number of hydrogen-bond acceptors (Lipinski definition) is 3. The van der Waals surface area contributed by atoms with Gasteiger partial charge in [0.2, 0.25) is 0 Å². The monoisotopic (exact) mass is 371 g/mol. The second-order valence-corrected chi connectivity index (χ2v) is 6.49. The van der Waals surface area contributed by atoms with E-state index in [0.717, 1.165) is 23.2 Å². The molecule has 3 N–H and O–H groups in total. The summed E-state index contributed by atoms with van der Waals surface area (Å²) in [6.45, 7) is 7.77. The minimum atomic E-state index is -0.658. The molecule has 2 aromatic rings. The lowest BCUT2D eigenvalue weighted by atomic mass is 10.1. The molecule has 2 aromatic carbocycles. The summed E-state index contributed by atoms with van der Waals surface area (Å²) in [5, 5.41) is 3.33. The molecule has 0 heterocycles. The minimum absolute atomic E-state index is 0.307. The van der Waals surface area contributed by atoms with Gasteiger partial charge in [-0.05, 0) is 74.3 Å². The number of benzene rings is 2. The fourth-order valence-electron chi connectivity index (χ4n) is 2.30. The van der Waals surface area contributed by atoms with Gasteiger partial charge in [-0.3, -0.25) is 15.6 Å². The summed E-state index contributed by atoms with van der Waals surface area (Å²) in [6, 6.07) is 13.7. The Morgan fingerprint density at radius 2 is 1.81 bits per heavy atom. The first-order chi connectivity index (χ1) is 12.4. The van der Waals surface area contributed by atoms with E-state index in [1.807, 2.05) is 56.3 Å². The Labute approximate surface area is 160 Å². The number of carbonyl (C=O) groups excluding carboxylic acids is 1. The zero-order valence-electron chi connectivity index (χ0n) is 15.6. The van der Waals surface area contributed by atoms with Gasteiger partial charge < -0.3 is 10.1 Å². The highest BCUT2D eigenvalue weighted by Gasteiger charge is 2.16. The van der Waals surface area contributed by atoms with E-state index in [-0.39, 0.29) is 5.91 Å². The van der Waals surface area contributed by atoms with Crippen LogP contribution < -0.4 is 20.9 Å². The van der Waals surface area contributed by atoms with E-state index in [1.165, 1.54) is 5.56 Å².